The summed E-state index contributed by atoms with van der Waals surface area (Å²) in [5, 5.41) is 0.403. The minimum Gasteiger partial charge on any atom is -0.465 e. The quantitative estimate of drug-likeness (QED) is 0.0539. The molecule has 0 spiro atoms. The van der Waals surface area contributed by atoms with Crippen LogP contribution in [-0.4, -0.2) is 60.2 Å². The van der Waals surface area contributed by atoms with Crippen LogP contribution in [0, 0.1) is 38.5 Å². The van der Waals surface area contributed by atoms with Crippen molar-refractivity contribution in [1.29, 1.82) is 0 Å². The van der Waals surface area contributed by atoms with Gasteiger partial charge in [0, 0.05) is 10.8 Å². The van der Waals surface area contributed by atoms with Crippen molar-refractivity contribution >= 4 is 35.2 Å². The third-order valence-corrected chi connectivity index (χ3v) is 30.6. The summed E-state index contributed by atoms with van der Waals surface area (Å²) in [6.45, 7) is 64.1. The van der Waals surface area contributed by atoms with Gasteiger partial charge in [-0.25, -0.2) is 4.79 Å². The average molecular weight is 1220 g/mol. The van der Waals surface area contributed by atoms with Crippen molar-refractivity contribution in [2.24, 2.45) is 10.8 Å². The SMILES string of the molecule is CCC(CC)(c1ccc(CCC(O[Si](C)(C)C(C)(C)C)C(C)(C)C)c(C)c1)c1ccc(-c2cccc(C(=O)OC)c2)c(C)c1.CCC(CC)(c1ccc(CCC(O[Si](C)(C)C(C)(C)C)C(C)(C)C)c(C)c1)c1ccc(B2OC(C)(C)C(C)(C)O2)c(C)c1. The Balaban J connectivity index is 0.000000317. The van der Waals surface area contributed by atoms with Crippen molar-refractivity contribution in [3.8, 4) is 11.1 Å². The average Bonchev–Trinajstić information content (AvgIpc) is 1.90. The number of aryl methyl sites for hydroxylation is 6. The van der Waals surface area contributed by atoms with E-state index >= 15 is 0 Å². The van der Waals surface area contributed by atoms with E-state index in [0.717, 1.165) is 68.0 Å². The van der Waals surface area contributed by atoms with Gasteiger partial charge in [-0.05, 0) is 233 Å². The Morgan fingerprint density at radius 1 is 0.506 bits per heavy atom. The Morgan fingerprint density at radius 3 is 1.21 bits per heavy atom. The summed E-state index contributed by atoms with van der Waals surface area (Å²) in [7, 11) is -2.65. The number of ether oxygens (including phenoxy) is 1. The van der Waals surface area contributed by atoms with Crippen LogP contribution in [0.5, 0.6) is 0 Å². The molecule has 0 saturated carbocycles. The van der Waals surface area contributed by atoms with Crippen LogP contribution in [0.25, 0.3) is 11.1 Å². The lowest BCUT2D eigenvalue weighted by molar-refractivity contribution is 0.00578. The normalized spacial score (nSPS) is 15.9. The van der Waals surface area contributed by atoms with Gasteiger partial charge in [-0.3, -0.25) is 0 Å². The van der Waals surface area contributed by atoms with E-state index in [2.05, 4.69) is 271 Å². The zero-order valence-electron chi connectivity index (χ0n) is 60.6. The molecule has 1 saturated heterocycles. The van der Waals surface area contributed by atoms with Gasteiger partial charge in [0.1, 0.15) is 0 Å². The summed E-state index contributed by atoms with van der Waals surface area (Å²) in [6.07, 6.45) is 8.72. The standard InChI is InChI=1S/C40H58O3Si.C38H63BO3Si/c1-14-40(15-2,34-22-23-35(29(4)26-34)31-17-16-18-32(27-31)37(41)42-11)33-21-19-30(28(3)25-33)20-24-36(38(5,6)7)43-44(12,13)39(8,9)10;1-17-38(18-2,31-22-23-32(28(4)26-31)39-41-36(11,12)37(13,14)42-39)30-21-19-29(27(3)25-30)20-24-33(34(5,6)7)40-43(15,16)35(8,9)10/h16-19,21-23,25-27,36H,14-15,20,24H2,1-13H3;19,21-23,25-26,33H,17-18,20,24H2,1-16H3. The molecule has 0 bridgehead atoms. The predicted octanol–water partition coefficient (Wildman–Crippen LogP) is 21.3. The van der Waals surface area contributed by atoms with E-state index in [1.807, 2.05) is 12.1 Å². The molecule has 2 unspecified atom stereocenters. The molecule has 0 amide bonds. The molecule has 0 radical (unpaired) electrons. The minimum absolute atomic E-state index is 0.0398. The number of carbonyl (C=O) groups is 1. The topological polar surface area (TPSA) is 63.2 Å². The lowest BCUT2D eigenvalue weighted by Gasteiger charge is -2.43. The molecule has 1 aliphatic rings. The van der Waals surface area contributed by atoms with Crippen LogP contribution in [0.2, 0.25) is 36.3 Å². The summed E-state index contributed by atoms with van der Waals surface area (Å²) in [6, 6.07) is 35.9. The van der Waals surface area contributed by atoms with E-state index in [1.54, 1.807) is 6.07 Å². The number of hydrogen-bond donors (Lipinski definition) is 0. The third kappa shape index (κ3) is 16.7. The second-order valence-corrected chi connectivity index (χ2v) is 41.7. The molecule has 0 aromatic heterocycles. The van der Waals surface area contributed by atoms with Crippen molar-refractivity contribution in [2.75, 3.05) is 7.11 Å². The Kier molecular flexibility index (Phi) is 23.5. The van der Waals surface area contributed by atoms with Gasteiger partial charge in [0.25, 0.3) is 0 Å². The molecule has 5 aromatic rings. The molecule has 1 aliphatic heterocycles. The number of benzene rings is 5. The van der Waals surface area contributed by atoms with Gasteiger partial charge >= 0.3 is 13.1 Å². The molecule has 6 nitrogen and oxygen atoms in total. The van der Waals surface area contributed by atoms with Crippen molar-refractivity contribution in [3.63, 3.8) is 0 Å². The first-order valence-corrected chi connectivity index (χ1v) is 39.0. The van der Waals surface area contributed by atoms with E-state index in [-0.39, 0.29) is 68.2 Å². The van der Waals surface area contributed by atoms with Gasteiger partial charge in [0.05, 0.1) is 36.1 Å². The van der Waals surface area contributed by atoms with Crippen LogP contribution in [0.4, 0.5) is 0 Å². The molecule has 1 heterocycles. The fraction of sp³-hybridized carbons (Fsp3) is 0.603. The van der Waals surface area contributed by atoms with Crippen molar-refractivity contribution in [1.82, 2.24) is 0 Å². The molecular formula is C78H121BO6Si2. The fourth-order valence-electron chi connectivity index (χ4n) is 12.4. The van der Waals surface area contributed by atoms with Crippen molar-refractivity contribution < 1.29 is 27.7 Å². The van der Waals surface area contributed by atoms with Crippen molar-refractivity contribution in [3.05, 3.63) is 158 Å². The highest BCUT2D eigenvalue weighted by Crippen LogP contribution is 2.46. The summed E-state index contributed by atoms with van der Waals surface area (Å²) in [5.74, 6) is -0.312. The first-order valence-electron chi connectivity index (χ1n) is 33.2. The molecule has 480 valence electrons. The molecule has 87 heavy (non-hydrogen) atoms. The van der Waals surface area contributed by atoms with Crippen LogP contribution < -0.4 is 5.46 Å². The van der Waals surface area contributed by atoms with Gasteiger partial charge in [0.15, 0.2) is 16.6 Å². The molecule has 0 aliphatic carbocycles. The Bertz CT molecular complexity index is 3100. The van der Waals surface area contributed by atoms with E-state index in [4.69, 9.17) is 22.9 Å². The number of esters is 1. The monoisotopic (exact) mass is 1220 g/mol. The van der Waals surface area contributed by atoms with Gasteiger partial charge in [0.2, 0.25) is 0 Å². The van der Waals surface area contributed by atoms with Gasteiger partial charge < -0.3 is 22.9 Å². The predicted molar refractivity (Wildman–Crippen MR) is 380 cm³/mol. The third-order valence-electron chi connectivity index (χ3n) is 21.7. The first kappa shape index (κ1) is 73.6. The number of rotatable bonds is 21. The molecule has 9 heteroatoms. The second-order valence-electron chi connectivity index (χ2n) is 32.2. The van der Waals surface area contributed by atoms with Crippen molar-refractivity contribution in [2.45, 2.75) is 288 Å². The Morgan fingerprint density at radius 2 is 0.874 bits per heavy atom. The van der Waals surface area contributed by atoms with Crippen LogP contribution >= 0.6 is 0 Å². The first-order chi connectivity index (χ1) is 39.9. The van der Waals surface area contributed by atoms with E-state index in [1.165, 1.54) is 62.7 Å². The number of hydrogen-bond acceptors (Lipinski definition) is 6. The van der Waals surface area contributed by atoms with E-state index in [9.17, 15) is 4.79 Å². The molecule has 1 fully saturated rings. The highest BCUT2D eigenvalue weighted by molar-refractivity contribution is 6.74. The maximum absolute atomic E-state index is 12.1. The highest BCUT2D eigenvalue weighted by Gasteiger charge is 2.52. The summed E-state index contributed by atoms with van der Waals surface area (Å²) >= 11 is 0. The highest BCUT2D eigenvalue weighted by atomic mass is 28.4. The molecule has 6 rings (SSSR count). The minimum atomic E-state index is -1.87. The zero-order valence-corrected chi connectivity index (χ0v) is 62.6. The Hall–Kier alpha value is -4.09. The van der Waals surface area contributed by atoms with E-state index in [0.29, 0.717) is 5.56 Å². The lowest BCUT2D eigenvalue weighted by atomic mass is 9.67. The fourth-order valence-corrected chi connectivity index (χ4v) is 15.5. The van der Waals surface area contributed by atoms with Crippen LogP contribution in [0.3, 0.4) is 0 Å². The van der Waals surface area contributed by atoms with Gasteiger partial charge in [-0.1, -0.05) is 201 Å². The summed E-state index contributed by atoms with van der Waals surface area (Å²) in [5.41, 5.74) is 16.8. The molecular weight excluding hydrogens is 1100 g/mol. The Labute approximate surface area is 535 Å². The van der Waals surface area contributed by atoms with Gasteiger partial charge in [-0.15, -0.1) is 0 Å². The molecule has 2 atom stereocenters. The zero-order chi connectivity index (χ0) is 65.9. The van der Waals surface area contributed by atoms with E-state index < -0.39 is 16.6 Å². The molecule has 5 aromatic carbocycles. The lowest BCUT2D eigenvalue weighted by Crippen LogP contribution is -2.47. The van der Waals surface area contributed by atoms with Gasteiger partial charge in [-0.2, -0.15) is 0 Å². The van der Waals surface area contributed by atoms with Crippen LogP contribution in [0.1, 0.15) is 243 Å². The number of methoxy groups -OCH3 is 1. The summed E-state index contributed by atoms with van der Waals surface area (Å²) in [4.78, 5) is 12.1. The molecule has 0 N–H and O–H groups in total. The summed E-state index contributed by atoms with van der Waals surface area (Å²) < 4.78 is 31.7. The second kappa shape index (κ2) is 27.8. The van der Waals surface area contributed by atoms with Crippen LogP contribution in [0.15, 0.2) is 97.1 Å². The number of carbonyl (C=O) groups excluding carboxylic acids is 1. The maximum atomic E-state index is 12.1. The maximum Gasteiger partial charge on any atom is 0.495 e. The smallest absolute Gasteiger partial charge is 0.465 e. The van der Waals surface area contributed by atoms with Crippen LogP contribution in [-0.2, 0) is 46.6 Å². The largest absolute Gasteiger partial charge is 0.495 e.